The summed E-state index contributed by atoms with van der Waals surface area (Å²) in [6.45, 7) is 0.232. The third-order valence-electron chi connectivity index (χ3n) is 2.42. The van der Waals surface area contributed by atoms with E-state index in [9.17, 15) is 9.18 Å². The standard InChI is InChI=1S/C13H12FN3O2/c14-10-2-5-12(6-3-10)19-8-11-4-1-9(7-16-11)13(18)17-15/h1-7H,8,15H2,(H,17,18). The Hall–Kier alpha value is -2.47. The molecule has 1 aromatic carbocycles. The van der Waals surface area contributed by atoms with Gasteiger partial charge in [0, 0.05) is 6.20 Å². The molecule has 6 heteroatoms. The molecule has 0 aliphatic rings. The Bertz CT molecular complexity index is 555. The first kappa shape index (κ1) is 13.0. The molecule has 0 aliphatic carbocycles. The second-order valence-corrected chi connectivity index (χ2v) is 3.75. The number of nitrogen functional groups attached to an aromatic ring is 1. The quantitative estimate of drug-likeness (QED) is 0.495. The monoisotopic (exact) mass is 261 g/mol. The fourth-order valence-corrected chi connectivity index (χ4v) is 1.42. The first-order valence-electron chi connectivity index (χ1n) is 5.53. The largest absolute Gasteiger partial charge is 0.487 e. The summed E-state index contributed by atoms with van der Waals surface area (Å²) in [4.78, 5) is 15.3. The number of halogens is 1. The van der Waals surface area contributed by atoms with E-state index < -0.39 is 5.91 Å². The minimum atomic E-state index is -0.404. The second-order valence-electron chi connectivity index (χ2n) is 3.75. The topological polar surface area (TPSA) is 77.2 Å². The lowest BCUT2D eigenvalue weighted by atomic mass is 10.2. The Morgan fingerprint density at radius 1 is 1.26 bits per heavy atom. The van der Waals surface area contributed by atoms with Gasteiger partial charge >= 0.3 is 0 Å². The van der Waals surface area contributed by atoms with E-state index >= 15 is 0 Å². The van der Waals surface area contributed by atoms with Gasteiger partial charge in [-0.25, -0.2) is 10.2 Å². The van der Waals surface area contributed by atoms with E-state index in [0.717, 1.165) is 0 Å². The number of benzene rings is 1. The number of nitrogens with one attached hydrogen (secondary N) is 1. The van der Waals surface area contributed by atoms with Crippen molar-refractivity contribution in [2.45, 2.75) is 6.61 Å². The molecule has 0 aliphatic heterocycles. The second kappa shape index (κ2) is 5.92. The van der Waals surface area contributed by atoms with Crippen LogP contribution >= 0.6 is 0 Å². The Morgan fingerprint density at radius 3 is 2.58 bits per heavy atom. The van der Waals surface area contributed by atoms with Gasteiger partial charge in [0.2, 0.25) is 0 Å². The molecule has 19 heavy (non-hydrogen) atoms. The van der Waals surface area contributed by atoms with Gasteiger partial charge in [-0.3, -0.25) is 15.2 Å². The molecular formula is C13H12FN3O2. The number of nitrogens with two attached hydrogens (primary N) is 1. The number of amides is 1. The summed E-state index contributed by atoms with van der Waals surface area (Å²) in [6, 6.07) is 8.96. The fraction of sp³-hybridized carbons (Fsp3) is 0.0769. The lowest BCUT2D eigenvalue weighted by molar-refractivity contribution is 0.0953. The molecule has 0 unspecified atom stereocenters. The van der Waals surface area contributed by atoms with Gasteiger partial charge < -0.3 is 4.74 Å². The van der Waals surface area contributed by atoms with Gasteiger partial charge in [-0.15, -0.1) is 0 Å². The molecular weight excluding hydrogens is 249 g/mol. The van der Waals surface area contributed by atoms with Crippen LogP contribution in [-0.4, -0.2) is 10.9 Å². The van der Waals surface area contributed by atoms with E-state index in [0.29, 0.717) is 17.0 Å². The highest BCUT2D eigenvalue weighted by atomic mass is 19.1. The van der Waals surface area contributed by atoms with Crippen LogP contribution in [0.3, 0.4) is 0 Å². The molecule has 0 spiro atoms. The lowest BCUT2D eigenvalue weighted by Crippen LogP contribution is -2.30. The molecule has 0 bridgehead atoms. The van der Waals surface area contributed by atoms with Gasteiger partial charge in [-0.1, -0.05) is 0 Å². The van der Waals surface area contributed by atoms with Crippen LogP contribution in [0.1, 0.15) is 16.1 Å². The first-order valence-corrected chi connectivity index (χ1v) is 5.53. The van der Waals surface area contributed by atoms with Crippen molar-refractivity contribution in [2.75, 3.05) is 0 Å². The highest BCUT2D eigenvalue weighted by molar-refractivity contribution is 5.93. The maximum absolute atomic E-state index is 12.7. The molecule has 0 atom stereocenters. The van der Waals surface area contributed by atoms with Crippen LogP contribution in [0.25, 0.3) is 0 Å². The highest BCUT2D eigenvalue weighted by Crippen LogP contribution is 2.12. The van der Waals surface area contributed by atoms with Crippen molar-refractivity contribution in [2.24, 2.45) is 5.84 Å². The summed E-state index contributed by atoms with van der Waals surface area (Å²) in [5.74, 6) is 4.83. The van der Waals surface area contributed by atoms with Crippen molar-refractivity contribution in [3.05, 3.63) is 59.7 Å². The van der Waals surface area contributed by atoms with E-state index in [1.807, 2.05) is 5.43 Å². The minimum Gasteiger partial charge on any atom is -0.487 e. The number of hydrazine groups is 1. The molecule has 5 nitrogen and oxygen atoms in total. The number of nitrogens with zero attached hydrogens (tertiary/aromatic N) is 1. The van der Waals surface area contributed by atoms with Gasteiger partial charge in [-0.2, -0.15) is 0 Å². The van der Waals surface area contributed by atoms with Crippen LogP contribution < -0.4 is 16.0 Å². The number of ether oxygens (including phenoxy) is 1. The van der Waals surface area contributed by atoms with Crippen LogP contribution in [0.5, 0.6) is 5.75 Å². The maximum atomic E-state index is 12.7. The van der Waals surface area contributed by atoms with Gasteiger partial charge in [0.15, 0.2) is 0 Å². The molecule has 0 saturated carbocycles. The van der Waals surface area contributed by atoms with Crippen molar-refractivity contribution >= 4 is 5.91 Å². The fourth-order valence-electron chi connectivity index (χ4n) is 1.42. The van der Waals surface area contributed by atoms with E-state index in [-0.39, 0.29) is 12.4 Å². The Labute approximate surface area is 109 Å². The number of hydrogen-bond donors (Lipinski definition) is 2. The molecule has 0 radical (unpaired) electrons. The van der Waals surface area contributed by atoms with Gasteiger partial charge in [0.05, 0.1) is 11.3 Å². The summed E-state index contributed by atoms with van der Waals surface area (Å²) in [7, 11) is 0. The number of hydrogen-bond acceptors (Lipinski definition) is 4. The van der Waals surface area contributed by atoms with Crippen LogP contribution in [0.2, 0.25) is 0 Å². The average Bonchev–Trinajstić information content (AvgIpc) is 2.46. The molecule has 0 saturated heterocycles. The molecule has 2 aromatic rings. The zero-order valence-corrected chi connectivity index (χ0v) is 9.97. The minimum absolute atomic E-state index is 0.232. The average molecular weight is 261 g/mol. The van der Waals surface area contributed by atoms with E-state index in [1.54, 1.807) is 12.1 Å². The Morgan fingerprint density at radius 2 is 2.00 bits per heavy atom. The lowest BCUT2D eigenvalue weighted by Gasteiger charge is -2.06. The van der Waals surface area contributed by atoms with Gasteiger partial charge in [0.1, 0.15) is 18.2 Å². The highest BCUT2D eigenvalue weighted by Gasteiger charge is 2.04. The number of pyridine rings is 1. The number of carbonyl (C=O) groups excluding carboxylic acids is 1. The number of rotatable bonds is 4. The van der Waals surface area contributed by atoms with Crippen molar-refractivity contribution < 1.29 is 13.9 Å². The van der Waals surface area contributed by atoms with Crippen molar-refractivity contribution in [1.29, 1.82) is 0 Å². The number of aromatic nitrogens is 1. The zero-order valence-electron chi connectivity index (χ0n) is 9.97. The summed E-state index contributed by atoms with van der Waals surface area (Å²) in [5, 5.41) is 0. The number of carbonyl (C=O) groups is 1. The smallest absolute Gasteiger partial charge is 0.266 e. The Balaban J connectivity index is 1.96. The molecule has 3 N–H and O–H groups in total. The summed E-state index contributed by atoms with van der Waals surface area (Å²) < 4.78 is 18.1. The van der Waals surface area contributed by atoms with Crippen LogP contribution in [0, 0.1) is 5.82 Å². The predicted molar refractivity (Wildman–Crippen MR) is 66.6 cm³/mol. The van der Waals surface area contributed by atoms with E-state index in [2.05, 4.69) is 4.98 Å². The maximum Gasteiger partial charge on any atom is 0.266 e. The SMILES string of the molecule is NNC(=O)c1ccc(COc2ccc(F)cc2)nc1. The molecule has 1 heterocycles. The Kier molecular flexibility index (Phi) is 4.04. The van der Waals surface area contributed by atoms with Crippen molar-refractivity contribution in [3.8, 4) is 5.75 Å². The van der Waals surface area contributed by atoms with E-state index in [1.165, 1.54) is 30.5 Å². The van der Waals surface area contributed by atoms with Crippen molar-refractivity contribution in [1.82, 2.24) is 10.4 Å². The summed E-state index contributed by atoms with van der Waals surface area (Å²) in [6.07, 6.45) is 1.41. The van der Waals surface area contributed by atoms with Crippen LogP contribution in [0.15, 0.2) is 42.6 Å². The van der Waals surface area contributed by atoms with Crippen LogP contribution in [-0.2, 0) is 6.61 Å². The first-order chi connectivity index (χ1) is 9.19. The van der Waals surface area contributed by atoms with Crippen molar-refractivity contribution in [3.63, 3.8) is 0 Å². The zero-order chi connectivity index (χ0) is 13.7. The van der Waals surface area contributed by atoms with Gasteiger partial charge in [0.25, 0.3) is 5.91 Å². The summed E-state index contributed by atoms with van der Waals surface area (Å²) in [5.41, 5.74) is 3.04. The molecule has 2 rings (SSSR count). The van der Waals surface area contributed by atoms with E-state index in [4.69, 9.17) is 10.6 Å². The predicted octanol–water partition coefficient (Wildman–Crippen LogP) is 1.40. The normalized spacial score (nSPS) is 10.0. The third-order valence-corrected chi connectivity index (χ3v) is 2.42. The van der Waals surface area contributed by atoms with Gasteiger partial charge in [-0.05, 0) is 36.4 Å². The molecule has 1 aromatic heterocycles. The van der Waals surface area contributed by atoms with Crippen LogP contribution in [0.4, 0.5) is 4.39 Å². The molecule has 1 amide bonds. The summed E-state index contributed by atoms with van der Waals surface area (Å²) >= 11 is 0. The molecule has 98 valence electrons. The third kappa shape index (κ3) is 3.49. The molecule has 0 fully saturated rings.